The topological polar surface area (TPSA) is 57.5 Å². The van der Waals surface area contributed by atoms with Gasteiger partial charge in [0.2, 0.25) is 0 Å². The number of aryl methyl sites for hydroxylation is 1. The first-order valence-corrected chi connectivity index (χ1v) is 5.76. The largest absolute Gasteiger partial charge is 0.508 e. The first-order valence-electron chi connectivity index (χ1n) is 5.76. The van der Waals surface area contributed by atoms with Gasteiger partial charge in [-0.2, -0.15) is 0 Å². The second-order valence-electron chi connectivity index (χ2n) is 4.10. The normalized spacial score (nSPS) is 10.2. The van der Waals surface area contributed by atoms with Gasteiger partial charge in [0.15, 0.2) is 5.78 Å². The van der Waals surface area contributed by atoms with Crippen molar-refractivity contribution in [2.24, 2.45) is 0 Å². The van der Waals surface area contributed by atoms with Crippen LogP contribution in [-0.2, 0) is 6.42 Å². The molecule has 0 aliphatic rings. The first kappa shape index (κ1) is 12.2. The van der Waals surface area contributed by atoms with Crippen LogP contribution in [0.5, 0.6) is 11.5 Å². The summed E-state index contributed by atoms with van der Waals surface area (Å²) >= 11 is 0. The molecule has 0 unspecified atom stereocenters. The lowest BCUT2D eigenvalue weighted by Gasteiger charge is -2.04. The van der Waals surface area contributed by atoms with Gasteiger partial charge in [0.25, 0.3) is 0 Å². The number of phenols is 2. The minimum absolute atomic E-state index is 0.0471. The molecule has 0 aliphatic carbocycles. The fourth-order valence-corrected chi connectivity index (χ4v) is 1.79. The highest BCUT2D eigenvalue weighted by Crippen LogP contribution is 2.19. The standard InChI is InChI=1S/C15H14O3/c16-13-6-3-5-12(10-13)15(18)9-8-11-4-1-2-7-14(11)17/h1-7,10,16-17H,8-9H2. The molecular weight excluding hydrogens is 228 g/mol. The molecule has 2 aromatic rings. The van der Waals surface area contributed by atoms with Crippen molar-refractivity contribution in [3.63, 3.8) is 0 Å². The van der Waals surface area contributed by atoms with Crippen LogP contribution in [0, 0.1) is 0 Å². The van der Waals surface area contributed by atoms with Gasteiger partial charge in [-0.05, 0) is 30.2 Å². The van der Waals surface area contributed by atoms with Crippen LogP contribution < -0.4 is 0 Å². The van der Waals surface area contributed by atoms with Gasteiger partial charge in [0.05, 0.1) is 0 Å². The molecule has 0 spiro atoms. The zero-order valence-corrected chi connectivity index (χ0v) is 9.84. The predicted octanol–water partition coefficient (Wildman–Crippen LogP) is 2.91. The van der Waals surface area contributed by atoms with Crippen molar-refractivity contribution in [3.8, 4) is 11.5 Å². The Balaban J connectivity index is 2.03. The van der Waals surface area contributed by atoms with Crippen LogP contribution in [0.1, 0.15) is 22.3 Å². The third-order valence-corrected chi connectivity index (χ3v) is 2.78. The van der Waals surface area contributed by atoms with Crippen molar-refractivity contribution in [2.45, 2.75) is 12.8 Å². The molecule has 0 saturated carbocycles. The number of carbonyl (C=O) groups excluding carboxylic acids is 1. The number of hydrogen-bond acceptors (Lipinski definition) is 3. The third kappa shape index (κ3) is 2.88. The van der Waals surface area contributed by atoms with E-state index in [1.54, 1.807) is 30.3 Å². The van der Waals surface area contributed by atoms with E-state index >= 15 is 0 Å². The molecule has 3 nitrogen and oxygen atoms in total. The van der Waals surface area contributed by atoms with Crippen LogP contribution >= 0.6 is 0 Å². The summed E-state index contributed by atoms with van der Waals surface area (Å²) in [5.41, 5.74) is 1.25. The molecule has 0 saturated heterocycles. The predicted molar refractivity (Wildman–Crippen MR) is 68.9 cm³/mol. The van der Waals surface area contributed by atoms with Crippen LogP contribution in [0.3, 0.4) is 0 Å². The Labute approximate surface area is 105 Å². The lowest BCUT2D eigenvalue weighted by molar-refractivity contribution is 0.0982. The van der Waals surface area contributed by atoms with E-state index in [1.165, 1.54) is 12.1 Å². The summed E-state index contributed by atoms with van der Waals surface area (Å²) in [6.45, 7) is 0. The molecule has 92 valence electrons. The number of hydrogen-bond donors (Lipinski definition) is 2. The Kier molecular flexibility index (Phi) is 3.63. The molecule has 2 N–H and O–H groups in total. The number of aromatic hydroxyl groups is 2. The van der Waals surface area contributed by atoms with Gasteiger partial charge in [0, 0.05) is 12.0 Å². The number of ketones is 1. The molecule has 3 heteroatoms. The molecule has 0 atom stereocenters. The summed E-state index contributed by atoms with van der Waals surface area (Å²) in [5.74, 6) is 0.249. The summed E-state index contributed by atoms with van der Waals surface area (Å²) in [6, 6.07) is 13.3. The van der Waals surface area contributed by atoms with Crippen LogP contribution in [0.4, 0.5) is 0 Å². The quantitative estimate of drug-likeness (QED) is 0.810. The Morgan fingerprint density at radius 2 is 1.78 bits per heavy atom. The van der Waals surface area contributed by atoms with Crippen molar-refractivity contribution in [3.05, 3.63) is 59.7 Å². The Hall–Kier alpha value is -2.29. The highest BCUT2D eigenvalue weighted by molar-refractivity contribution is 5.96. The van der Waals surface area contributed by atoms with Gasteiger partial charge >= 0.3 is 0 Å². The molecule has 0 aliphatic heterocycles. The Morgan fingerprint density at radius 1 is 1.00 bits per heavy atom. The zero-order valence-electron chi connectivity index (χ0n) is 9.84. The molecule has 0 aromatic heterocycles. The Morgan fingerprint density at radius 3 is 2.50 bits per heavy atom. The summed E-state index contributed by atoms with van der Waals surface area (Å²) < 4.78 is 0. The maximum atomic E-state index is 11.9. The fraction of sp³-hybridized carbons (Fsp3) is 0.133. The number of benzene rings is 2. The molecular formula is C15H14O3. The van der Waals surface area contributed by atoms with E-state index in [-0.39, 0.29) is 17.3 Å². The van der Waals surface area contributed by atoms with Gasteiger partial charge < -0.3 is 10.2 Å². The van der Waals surface area contributed by atoms with Gasteiger partial charge in [-0.15, -0.1) is 0 Å². The second kappa shape index (κ2) is 5.36. The number of phenolic OH excluding ortho intramolecular Hbond substituents is 2. The number of rotatable bonds is 4. The third-order valence-electron chi connectivity index (χ3n) is 2.78. The van der Waals surface area contributed by atoms with Crippen molar-refractivity contribution in [1.82, 2.24) is 0 Å². The summed E-state index contributed by atoms with van der Waals surface area (Å²) in [4.78, 5) is 11.9. The number of Topliss-reactive ketones (excluding diaryl/α,β-unsaturated/α-hetero) is 1. The average molecular weight is 242 g/mol. The number of para-hydroxylation sites is 1. The van der Waals surface area contributed by atoms with Gasteiger partial charge in [-0.25, -0.2) is 0 Å². The highest BCUT2D eigenvalue weighted by atomic mass is 16.3. The van der Waals surface area contributed by atoms with Crippen LogP contribution in [0.15, 0.2) is 48.5 Å². The lowest BCUT2D eigenvalue weighted by Crippen LogP contribution is -2.01. The van der Waals surface area contributed by atoms with Gasteiger partial charge in [-0.3, -0.25) is 4.79 Å². The van der Waals surface area contributed by atoms with Gasteiger partial charge in [0.1, 0.15) is 11.5 Å². The van der Waals surface area contributed by atoms with Crippen molar-refractivity contribution in [2.75, 3.05) is 0 Å². The van der Waals surface area contributed by atoms with E-state index in [0.717, 1.165) is 5.56 Å². The fourth-order valence-electron chi connectivity index (χ4n) is 1.79. The van der Waals surface area contributed by atoms with Crippen LogP contribution in [-0.4, -0.2) is 16.0 Å². The van der Waals surface area contributed by atoms with E-state index in [2.05, 4.69) is 0 Å². The van der Waals surface area contributed by atoms with Gasteiger partial charge in [-0.1, -0.05) is 30.3 Å². The molecule has 0 fully saturated rings. The van der Waals surface area contributed by atoms with Crippen molar-refractivity contribution < 1.29 is 15.0 Å². The summed E-state index contributed by atoms with van der Waals surface area (Å²) in [6.07, 6.45) is 0.794. The molecule has 0 radical (unpaired) electrons. The molecule has 0 heterocycles. The lowest BCUT2D eigenvalue weighted by atomic mass is 10.0. The van der Waals surface area contributed by atoms with E-state index in [4.69, 9.17) is 0 Å². The second-order valence-corrected chi connectivity index (χ2v) is 4.10. The first-order chi connectivity index (χ1) is 8.66. The zero-order chi connectivity index (χ0) is 13.0. The SMILES string of the molecule is O=C(CCc1ccccc1O)c1cccc(O)c1. The van der Waals surface area contributed by atoms with Crippen molar-refractivity contribution >= 4 is 5.78 Å². The maximum absolute atomic E-state index is 11.9. The number of carbonyl (C=O) groups is 1. The van der Waals surface area contributed by atoms with Crippen LogP contribution in [0.25, 0.3) is 0 Å². The summed E-state index contributed by atoms with van der Waals surface area (Å²) in [7, 11) is 0. The molecule has 2 aromatic carbocycles. The molecule has 0 amide bonds. The monoisotopic (exact) mass is 242 g/mol. The minimum Gasteiger partial charge on any atom is -0.508 e. The van der Waals surface area contributed by atoms with E-state index < -0.39 is 0 Å². The molecule has 0 bridgehead atoms. The Bertz CT molecular complexity index is 561. The van der Waals surface area contributed by atoms with Crippen LogP contribution in [0.2, 0.25) is 0 Å². The van der Waals surface area contributed by atoms with E-state index in [0.29, 0.717) is 18.4 Å². The maximum Gasteiger partial charge on any atom is 0.163 e. The van der Waals surface area contributed by atoms with Crippen molar-refractivity contribution in [1.29, 1.82) is 0 Å². The molecule has 2 rings (SSSR count). The van der Waals surface area contributed by atoms with E-state index in [1.807, 2.05) is 6.07 Å². The molecule has 18 heavy (non-hydrogen) atoms. The van der Waals surface area contributed by atoms with E-state index in [9.17, 15) is 15.0 Å². The minimum atomic E-state index is -0.0471. The summed E-state index contributed by atoms with van der Waals surface area (Å²) in [5, 5.41) is 18.9. The highest BCUT2D eigenvalue weighted by Gasteiger charge is 2.08. The smallest absolute Gasteiger partial charge is 0.163 e. The average Bonchev–Trinajstić information content (AvgIpc) is 2.37.